The number of fused-ring (bicyclic) bond motifs is 2. The number of hydrogen-bond donors (Lipinski definition) is 2. The third-order valence-corrected chi connectivity index (χ3v) is 15.1. The number of para-hydroxylation sites is 2. The van der Waals surface area contributed by atoms with Crippen LogP contribution < -0.4 is 10.6 Å². The molecule has 2 aromatic heterocycles. The first-order valence-electron chi connectivity index (χ1n) is 24.5. The molecular formula is C60H61ClN4O4. The standard InChI is InChI=1S/C60H61ClN4O4/c1-5-38-33-53(64-36-40(38)7-3)58(68-55(66)35-45-19-12-14-23-51(45)61)50-30-32-63-57-46(21-16-22-48(50)57)42-25-27-44(28-26-42)56(43-17-10-9-11-18-43)60(67)69-59(54-34-39(6-2)41(8-4)37-65-54)49-29-31-62-52-24-15-13-20-47(49)52/h7-32,38-41,53-54,56,58-59,64-65H,3-6,33-37H2,1-2H3/t38-,39-,40-,41-,53-,54+,56?,58+,59-/m0/s1. The minimum atomic E-state index is -0.698. The number of esters is 2. The monoisotopic (exact) mass is 936 g/mol. The molecule has 0 amide bonds. The molecule has 0 aliphatic carbocycles. The Morgan fingerprint density at radius 1 is 0.667 bits per heavy atom. The van der Waals surface area contributed by atoms with Gasteiger partial charge in [-0.15, -0.1) is 13.2 Å². The lowest BCUT2D eigenvalue weighted by Crippen LogP contribution is -2.47. The van der Waals surface area contributed by atoms with Crippen molar-refractivity contribution in [2.75, 3.05) is 13.1 Å². The molecule has 9 heteroatoms. The van der Waals surface area contributed by atoms with E-state index in [1.54, 1.807) is 6.07 Å². The summed E-state index contributed by atoms with van der Waals surface area (Å²) < 4.78 is 13.4. The summed E-state index contributed by atoms with van der Waals surface area (Å²) in [5.41, 5.74) is 7.71. The number of piperidine rings is 2. The quantitative estimate of drug-likeness (QED) is 0.0730. The van der Waals surface area contributed by atoms with Gasteiger partial charge < -0.3 is 20.1 Å². The Hall–Kier alpha value is -6.45. The number of ether oxygens (including phenoxy) is 2. The third kappa shape index (κ3) is 10.3. The highest BCUT2D eigenvalue weighted by atomic mass is 35.5. The van der Waals surface area contributed by atoms with Crippen molar-refractivity contribution in [2.24, 2.45) is 23.7 Å². The van der Waals surface area contributed by atoms with Crippen LogP contribution in [0.4, 0.5) is 0 Å². The van der Waals surface area contributed by atoms with Crippen LogP contribution in [0.5, 0.6) is 0 Å². The van der Waals surface area contributed by atoms with Crippen molar-refractivity contribution in [3.8, 4) is 11.1 Å². The van der Waals surface area contributed by atoms with E-state index in [1.165, 1.54) is 0 Å². The van der Waals surface area contributed by atoms with Crippen LogP contribution in [0, 0.1) is 23.7 Å². The van der Waals surface area contributed by atoms with E-state index in [2.05, 4.69) is 79.0 Å². The molecule has 8 nitrogen and oxygen atoms in total. The second kappa shape index (κ2) is 21.9. The van der Waals surface area contributed by atoms with E-state index in [1.807, 2.05) is 116 Å². The van der Waals surface area contributed by atoms with Gasteiger partial charge in [0.05, 0.1) is 17.5 Å². The number of aromatic nitrogens is 2. The zero-order chi connectivity index (χ0) is 47.9. The molecule has 2 aliphatic heterocycles. The van der Waals surface area contributed by atoms with Gasteiger partial charge in [-0.3, -0.25) is 19.6 Å². The molecule has 69 heavy (non-hydrogen) atoms. The lowest BCUT2D eigenvalue weighted by molar-refractivity contribution is -0.153. The summed E-state index contributed by atoms with van der Waals surface area (Å²) in [6, 6.07) is 43.4. The molecule has 352 valence electrons. The van der Waals surface area contributed by atoms with Gasteiger partial charge in [0.2, 0.25) is 0 Å². The molecule has 0 spiro atoms. The van der Waals surface area contributed by atoms with Crippen molar-refractivity contribution in [1.82, 2.24) is 20.6 Å². The van der Waals surface area contributed by atoms with Crippen molar-refractivity contribution in [2.45, 2.75) is 76.2 Å². The summed E-state index contributed by atoms with van der Waals surface area (Å²) in [7, 11) is 0. The maximum atomic E-state index is 15.1. The molecule has 9 atom stereocenters. The molecule has 2 saturated heterocycles. The molecule has 0 radical (unpaired) electrons. The number of hydrogen-bond acceptors (Lipinski definition) is 8. The zero-order valence-corrected chi connectivity index (χ0v) is 40.2. The summed E-state index contributed by atoms with van der Waals surface area (Å²) in [4.78, 5) is 38.5. The first-order chi connectivity index (χ1) is 33.8. The molecule has 1 unspecified atom stereocenters. The first kappa shape index (κ1) is 47.6. The van der Waals surface area contributed by atoms with Crippen molar-refractivity contribution < 1.29 is 19.1 Å². The van der Waals surface area contributed by atoms with Crippen LogP contribution in [-0.2, 0) is 25.5 Å². The van der Waals surface area contributed by atoms with Crippen LogP contribution in [0.15, 0.2) is 171 Å². The molecule has 2 aliphatic rings. The fourth-order valence-electron chi connectivity index (χ4n) is 10.9. The van der Waals surface area contributed by atoms with Crippen LogP contribution in [0.25, 0.3) is 32.9 Å². The number of nitrogens with one attached hydrogen (secondary N) is 2. The predicted octanol–water partition coefficient (Wildman–Crippen LogP) is 12.7. The van der Waals surface area contributed by atoms with E-state index in [4.69, 9.17) is 26.1 Å². The zero-order valence-electron chi connectivity index (χ0n) is 39.5. The van der Waals surface area contributed by atoms with Gasteiger partial charge >= 0.3 is 11.9 Å². The topological polar surface area (TPSA) is 102 Å². The van der Waals surface area contributed by atoms with Crippen molar-refractivity contribution >= 4 is 45.3 Å². The Morgan fingerprint density at radius 3 is 1.91 bits per heavy atom. The summed E-state index contributed by atoms with van der Waals surface area (Å²) in [6.07, 6.45) is 10.3. The van der Waals surface area contributed by atoms with Crippen molar-refractivity contribution in [3.63, 3.8) is 0 Å². The highest BCUT2D eigenvalue weighted by Gasteiger charge is 2.39. The minimum absolute atomic E-state index is 0.0573. The van der Waals surface area contributed by atoms with Gasteiger partial charge in [-0.05, 0) is 83.0 Å². The number of rotatable bonds is 16. The summed E-state index contributed by atoms with van der Waals surface area (Å²) in [5, 5.41) is 9.89. The smallest absolute Gasteiger partial charge is 0.318 e. The lowest BCUT2D eigenvalue weighted by Gasteiger charge is -2.39. The van der Waals surface area contributed by atoms with Crippen LogP contribution in [0.2, 0.25) is 5.02 Å². The number of pyridine rings is 2. The largest absolute Gasteiger partial charge is 0.456 e. The summed E-state index contributed by atoms with van der Waals surface area (Å²) >= 11 is 6.51. The van der Waals surface area contributed by atoms with Crippen molar-refractivity contribution in [3.05, 3.63) is 204 Å². The molecule has 2 fully saturated rings. The van der Waals surface area contributed by atoms with Crippen LogP contribution in [0.1, 0.15) is 85.5 Å². The van der Waals surface area contributed by atoms with E-state index < -0.39 is 18.1 Å². The first-order valence-corrected chi connectivity index (χ1v) is 24.9. The molecule has 0 saturated carbocycles. The number of benzene rings is 5. The Bertz CT molecular complexity index is 2920. The van der Waals surface area contributed by atoms with Gasteiger partial charge in [-0.25, -0.2) is 0 Å². The highest BCUT2D eigenvalue weighted by Crippen LogP contribution is 2.41. The molecule has 7 aromatic rings. The number of carbonyl (C=O) groups is 2. The van der Waals surface area contributed by atoms with E-state index >= 15 is 4.79 Å². The van der Waals surface area contributed by atoms with Gasteiger partial charge in [-0.1, -0.05) is 160 Å². The molecule has 9 rings (SSSR count). The minimum Gasteiger partial charge on any atom is -0.456 e. The van der Waals surface area contributed by atoms with Gasteiger partial charge in [0.15, 0.2) is 0 Å². The summed E-state index contributed by atoms with van der Waals surface area (Å²) in [5.74, 6) is 0.0923. The van der Waals surface area contributed by atoms with Crippen LogP contribution in [-0.4, -0.2) is 47.1 Å². The van der Waals surface area contributed by atoms with Crippen LogP contribution in [0.3, 0.4) is 0 Å². The van der Waals surface area contributed by atoms with Gasteiger partial charge in [-0.2, -0.15) is 0 Å². The maximum Gasteiger partial charge on any atom is 0.318 e. The van der Waals surface area contributed by atoms with E-state index in [0.717, 1.165) is 99.5 Å². The van der Waals surface area contributed by atoms with Gasteiger partial charge in [0, 0.05) is 70.1 Å². The number of halogens is 1. The number of carbonyl (C=O) groups excluding carboxylic acids is 2. The molecular weight excluding hydrogens is 876 g/mol. The summed E-state index contributed by atoms with van der Waals surface area (Å²) in [6.45, 7) is 14.2. The Morgan fingerprint density at radius 2 is 1.25 bits per heavy atom. The van der Waals surface area contributed by atoms with Gasteiger partial charge in [0.25, 0.3) is 0 Å². The molecule has 5 aromatic carbocycles. The Balaban J connectivity index is 1.05. The fraction of sp³-hybridized carbons (Fsp3) is 0.300. The molecule has 0 bridgehead atoms. The number of nitrogens with zero attached hydrogens (tertiary/aromatic N) is 2. The lowest BCUT2D eigenvalue weighted by atomic mass is 9.78. The second-order valence-electron chi connectivity index (χ2n) is 18.7. The maximum absolute atomic E-state index is 15.1. The molecule has 4 heterocycles. The predicted molar refractivity (Wildman–Crippen MR) is 278 cm³/mol. The fourth-order valence-corrected chi connectivity index (χ4v) is 11.1. The van der Waals surface area contributed by atoms with E-state index in [0.29, 0.717) is 28.7 Å². The van der Waals surface area contributed by atoms with E-state index in [9.17, 15) is 4.79 Å². The van der Waals surface area contributed by atoms with Crippen LogP contribution >= 0.6 is 11.6 Å². The average molecular weight is 938 g/mol. The van der Waals surface area contributed by atoms with Crippen molar-refractivity contribution in [1.29, 1.82) is 0 Å². The Labute approximate surface area is 411 Å². The van der Waals surface area contributed by atoms with E-state index in [-0.39, 0.29) is 30.4 Å². The normalized spacial score (nSPS) is 21.7. The van der Waals surface area contributed by atoms with Gasteiger partial charge in [0.1, 0.15) is 18.1 Å². The highest BCUT2D eigenvalue weighted by molar-refractivity contribution is 6.31. The molecule has 2 N–H and O–H groups in total. The second-order valence-corrected chi connectivity index (χ2v) is 19.1. The Kier molecular flexibility index (Phi) is 15.1. The third-order valence-electron chi connectivity index (χ3n) is 14.8. The average Bonchev–Trinajstić information content (AvgIpc) is 3.40. The SMILES string of the molecule is C=C[C@H]1CN[C@H]([C@H](OC(=O)Cc2ccccc2Cl)c2ccnc3c(-c4ccc(C(C(=O)O[C@@H](c5ccnc6ccccc56)[C@H]5C[C@H](CC)[C@@H](C=C)CN5)c5ccccc5)cc4)cccc23)C[C@@H]1CC.